The van der Waals surface area contributed by atoms with Crippen LogP contribution in [-0.4, -0.2) is 20.3 Å². The van der Waals surface area contributed by atoms with Crippen molar-refractivity contribution in [3.8, 4) is 0 Å². The van der Waals surface area contributed by atoms with Crippen molar-refractivity contribution in [1.82, 2.24) is 14.1 Å². The average Bonchev–Trinajstić information content (AvgIpc) is 2.58. The maximum atomic E-state index is 12.0. The second kappa shape index (κ2) is 6.52. The van der Waals surface area contributed by atoms with Gasteiger partial charge in [-0.05, 0) is 36.8 Å². The smallest absolute Gasteiger partial charge is 0.303 e. The Morgan fingerprint density at radius 3 is 2.76 bits per heavy atom. The number of nitrogens with zero attached hydrogens (tertiary/aromatic N) is 4. The Balaban J connectivity index is 1.91. The first kappa shape index (κ1) is 16.9. The van der Waals surface area contributed by atoms with E-state index in [0.29, 0.717) is 16.4 Å². The fraction of sp³-hybridized carbons (Fsp3) is 0.176. The molecule has 0 saturated heterocycles. The lowest BCUT2D eigenvalue weighted by Crippen LogP contribution is -2.38. The zero-order chi connectivity index (χ0) is 18.1. The van der Waals surface area contributed by atoms with Crippen LogP contribution in [0.2, 0.25) is 5.02 Å². The van der Waals surface area contributed by atoms with Gasteiger partial charge in [0.25, 0.3) is 5.56 Å². The fourth-order valence-electron chi connectivity index (χ4n) is 2.52. The first-order chi connectivity index (χ1) is 11.9. The summed E-state index contributed by atoms with van der Waals surface area (Å²) in [5.74, 6) is 0.546. The lowest BCUT2D eigenvalue weighted by atomic mass is 10.1. The first-order valence-electron chi connectivity index (χ1n) is 7.49. The first-order valence-corrected chi connectivity index (χ1v) is 7.87. The summed E-state index contributed by atoms with van der Waals surface area (Å²) < 4.78 is 2.36. The summed E-state index contributed by atoms with van der Waals surface area (Å²) in [5.41, 5.74) is 4.10. The molecule has 3 rings (SSSR count). The normalized spacial score (nSPS) is 11.4. The Kier molecular flexibility index (Phi) is 4.41. The predicted molar refractivity (Wildman–Crippen MR) is 99.6 cm³/mol. The highest BCUT2D eigenvalue weighted by Gasteiger charge is 2.05. The second-order valence-electron chi connectivity index (χ2n) is 5.70. The van der Waals surface area contributed by atoms with E-state index in [-0.39, 0.29) is 5.69 Å². The second-order valence-corrected chi connectivity index (χ2v) is 6.13. The van der Waals surface area contributed by atoms with Crippen LogP contribution in [0.5, 0.6) is 0 Å². The Morgan fingerprint density at radius 2 is 2.00 bits per heavy atom. The number of halogens is 1. The third-order valence-corrected chi connectivity index (χ3v) is 4.07. The van der Waals surface area contributed by atoms with Crippen molar-refractivity contribution in [1.29, 1.82) is 0 Å². The average molecular weight is 358 g/mol. The van der Waals surface area contributed by atoms with Crippen molar-refractivity contribution in [3.63, 3.8) is 0 Å². The minimum absolute atomic E-state index is 0.293. The van der Waals surface area contributed by atoms with Gasteiger partial charge in [-0.15, -0.1) is 0 Å². The topological polar surface area (TPSA) is 81.3 Å². The highest BCUT2D eigenvalue weighted by Crippen LogP contribution is 2.23. The van der Waals surface area contributed by atoms with E-state index in [1.165, 1.54) is 24.0 Å². The molecule has 0 aliphatic heterocycles. The highest BCUT2D eigenvalue weighted by atomic mass is 35.5. The zero-order valence-electron chi connectivity index (χ0n) is 13.9. The summed E-state index contributed by atoms with van der Waals surface area (Å²) in [6.07, 6.45) is 2.81. The molecule has 0 atom stereocenters. The molecule has 0 aliphatic carbocycles. The Morgan fingerprint density at radius 1 is 1.24 bits per heavy atom. The molecular formula is C17H16ClN5O2. The number of rotatable bonds is 3. The van der Waals surface area contributed by atoms with Crippen LogP contribution in [-0.2, 0) is 14.1 Å². The largest absolute Gasteiger partial charge is 0.330 e. The van der Waals surface area contributed by atoms with Gasteiger partial charge in [-0.2, -0.15) is 5.10 Å². The molecule has 2 heterocycles. The van der Waals surface area contributed by atoms with Gasteiger partial charge in [-0.1, -0.05) is 11.6 Å². The van der Waals surface area contributed by atoms with Crippen LogP contribution >= 0.6 is 11.6 Å². The summed E-state index contributed by atoms with van der Waals surface area (Å²) in [6.45, 7) is 1.96. The Labute approximate surface area is 148 Å². The lowest BCUT2D eigenvalue weighted by molar-refractivity contribution is 0.684. The molecule has 0 unspecified atom stereocenters. The predicted octanol–water partition coefficient (Wildman–Crippen LogP) is 2.04. The van der Waals surface area contributed by atoms with Gasteiger partial charge in [0, 0.05) is 30.7 Å². The molecule has 0 saturated carbocycles. The van der Waals surface area contributed by atoms with Crippen LogP contribution in [0.4, 0.5) is 5.82 Å². The molecule has 1 N–H and O–H groups in total. The number of aromatic nitrogens is 3. The maximum absolute atomic E-state index is 12.0. The van der Waals surface area contributed by atoms with E-state index in [0.717, 1.165) is 21.0 Å². The molecule has 0 spiro atoms. The molecule has 128 valence electrons. The number of pyridine rings is 1. The minimum atomic E-state index is -0.411. The van der Waals surface area contributed by atoms with Crippen LogP contribution in [0.1, 0.15) is 11.1 Å². The summed E-state index contributed by atoms with van der Waals surface area (Å²) in [4.78, 5) is 28.2. The lowest BCUT2D eigenvalue weighted by Gasteiger charge is -2.06. The summed E-state index contributed by atoms with van der Waals surface area (Å²) in [5, 5.41) is 5.68. The van der Waals surface area contributed by atoms with E-state index in [1.54, 1.807) is 13.1 Å². The molecule has 1 aromatic carbocycles. The number of benzene rings is 1. The van der Waals surface area contributed by atoms with E-state index in [1.807, 2.05) is 25.1 Å². The third-order valence-electron chi connectivity index (χ3n) is 3.83. The summed E-state index contributed by atoms with van der Waals surface area (Å²) in [6, 6.07) is 7.31. The molecule has 0 bridgehead atoms. The molecule has 0 fully saturated rings. The summed E-state index contributed by atoms with van der Waals surface area (Å²) in [7, 11) is 3.00. The fourth-order valence-corrected chi connectivity index (χ4v) is 2.69. The molecule has 0 aliphatic rings. The maximum Gasteiger partial charge on any atom is 0.330 e. The molecular weight excluding hydrogens is 342 g/mol. The van der Waals surface area contributed by atoms with Crippen molar-refractivity contribution < 1.29 is 0 Å². The third kappa shape index (κ3) is 3.32. The van der Waals surface area contributed by atoms with Gasteiger partial charge in [0.15, 0.2) is 0 Å². The van der Waals surface area contributed by atoms with E-state index < -0.39 is 5.56 Å². The van der Waals surface area contributed by atoms with Crippen LogP contribution in [0, 0.1) is 6.92 Å². The van der Waals surface area contributed by atoms with E-state index in [2.05, 4.69) is 15.5 Å². The highest BCUT2D eigenvalue weighted by molar-refractivity contribution is 6.31. The van der Waals surface area contributed by atoms with E-state index in [4.69, 9.17) is 11.6 Å². The standard InChI is InChI=1S/C17H16ClN5O2/c1-10-6-15(20-14-5-4-12(18)7-13(10)14)21-19-8-11-9-22(2)17(25)23(3)16(11)24/h4-9H,1-3H3,(H,20,21)/b19-8+. The van der Waals surface area contributed by atoms with Crippen molar-refractivity contribution in [2.24, 2.45) is 19.2 Å². The number of fused-ring (bicyclic) bond motifs is 1. The van der Waals surface area contributed by atoms with Gasteiger partial charge < -0.3 is 4.57 Å². The summed E-state index contributed by atoms with van der Waals surface area (Å²) >= 11 is 6.01. The number of hydrazone groups is 1. The van der Waals surface area contributed by atoms with E-state index in [9.17, 15) is 9.59 Å². The minimum Gasteiger partial charge on any atom is -0.303 e. The zero-order valence-corrected chi connectivity index (χ0v) is 14.7. The van der Waals surface area contributed by atoms with Crippen molar-refractivity contribution in [3.05, 3.63) is 67.4 Å². The molecule has 0 amide bonds. The SMILES string of the molecule is Cc1cc(N/N=C/c2cn(C)c(=O)n(C)c2=O)nc2ccc(Cl)cc12. The number of hydrogen-bond acceptors (Lipinski definition) is 5. The molecule has 25 heavy (non-hydrogen) atoms. The molecule has 2 aromatic heterocycles. The van der Waals surface area contributed by atoms with Crippen molar-refractivity contribution >= 4 is 34.5 Å². The Hall–Kier alpha value is -2.93. The number of nitrogens with one attached hydrogen (secondary N) is 1. The van der Waals surface area contributed by atoms with Crippen LogP contribution in [0.3, 0.4) is 0 Å². The van der Waals surface area contributed by atoms with Crippen molar-refractivity contribution in [2.75, 3.05) is 5.43 Å². The van der Waals surface area contributed by atoms with Crippen LogP contribution < -0.4 is 16.7 Å². The molecule has 8 heteroatoms. The van der Waals surface area contributed by atoms with Crippen LogP contribution in [0.25, 0.3) is 10.9 Å². The number of anilines is 1. The van der Waals surface area contributed by atoms with Gasteiger partial charge in [0.05, 0.1) is 17.3 Å². The number of hydrogen-bond donors (Lipinski definition) is 1. The van der Waals surface area contributed by atoms with E-state index >= 15 is 0 Å². The van der Waals surface area contributed by atoms with Gasteiger partial charge >= 0.3 is 5.69 Å². The van der Waals surface area contributed by atoms with Gasteiger partial charge in [0.2, 0.25) is 0 Å². The quantitative estimate of drug-likeness (QED) is 0.574. The Bertz CT molecular complexity index is 1110. The van der Waals surface area contributed by atoms with Crippen molar-refractivity contribution in [2.45, 2.75) is 6.92 Å². The molecule has 0 radical (unpaired) electrons. The number of aryl methyl sites for hydroxylation is 2. The molecule has 3 aromatic rings. The van der Waals surface area contributed by atoms with Gasteiger partial charge in [0.1, 0.15) is 5.82 Å². The van der Waals surface area contributed by atoms with Crippen LogP contribution in [0.15, 0.2) is 45.2 Å². The van der Waals surface area contributed by atoms with Gasteiger partial charge in [-0.3, -0.25) is 14.8 Å². The monoisotopic (exact) mass is 357 g/mol. The van der Waals surface area contributed by atoms with Gasteiger partial charge in [-0.25, -0.2) is 9.78 Å². The molecule has 7 nitrogen and oxygen atoms in total.